The third-order valence-corrected chi connectivity index (χ3v) is 6.34. The van der Waals surface area contributed by atoms with Crippen LogP contribution in [0.1, 0.15) is 21.5 Å². The molecule has 0 radical (unpaired) electrons. The molecule has 0 saturated carbocycles. The highest BCUT2D eigenvalue weighted by Crippen LogP contribution is 2.24. The van der Waals surface area contributed by atoms with E-state index in [1.54, 1.807) is 56.7 Å². The lowest BCUT2D eigenvalue weighted by Crippen LogP contribution is -2.24. The molecule has 1 amide bonds. The number of carbonyl (C=O) groups is 1. The van der Waals surface area contributed by atoms with Gasteiger partial charge in [0.15, 0.2) is 5.82 Å². The lowest BCUT2D eigenvalue weighted by molar-refractivity contribution is 0.102. The first-order chi connectivity index (χ1) is 13.2. The van der Waals surface area contributed by atoms with Gasteiger partial charge < -0.3 is 5.32 Å². The van der Waals surface area contributed by atoms with Gasteiger partial charge in [0.05, 0.1) is 10.6 Å². The van der Waals surface area contributed by atoms with E-state index in [0.717, 1.165) is 4.31 Å². The number of sulfonamides is 1. The van der Waals surface area contributed by atoms with Gasteiger partial charge in [-0.1, -0.05) is 0 Å². The quantitative estimate of drug-likeness (QED) is 0.710. The number of nitrogens with zero attached hydrogens (tertiary/aromatic N) is 4. The summed E-state index contributed by atoms with van der Waals surface area (Å²) in [7, 11) is -0.753. The molecule has 0 spiro atoms. The number of benzene rings is 1. The standard InChI is InChI=1S/C19H21N5O3S/c1-13-11-15(12-17(14(13)2)28(26,27)23(3)4)19(25)22-16-7-5-8-20-18(16)24-10-6-9-21-24/h5-12H,1-4H3,(H,22,25). The summed E-state index contributed by atoms with van der Waals surface area (Å²) in [5, 5.41) is 6.94. The number of nitrogens with one attached hydrogen (secondary N) is 1. The smallest absolute Gasteiger partial charge is 0.255 e. The van der Waals surface area contributed by atoms with Gasteiger partial charge in [0.2, 0.25) is 10.0 Å². The zero-order chi connectivity index (χ0) is 20.5. The largest absolute Gasteiger partial charge is 0.319 e. The van der Waals surface area contributed by atoms with Crippen molar-refractivity contribution in [2.24, 2.45) is 0 Å². The summed E-state index contributed by atoms with van der Waals surface area (Å²) < 4.78 is 27.9. The number of aromatic nitrogens is 3. The van der Waals surface area contributed by atoms with Gasteiger partial charge in [-0.3, -0.25) is 4.79 Å². The van der Waals surface area contributed by atoms with Gasteiger partial charge in [-0.2, -0.15) is 5.10 Å². The Bertz CT molecular complexity index is 1120. The molecule has 0 atom stereocenters. The molecule has 0 bridgehead atoms. The Labute approximate surface area is 163 Å². The van der Waals surface area contributed by atoms with Gasteiger partial charge in [0.1, 0.15) is 0 Å². The fourth-order valence-electron chi connectivity index (χ4n) is 2.69. The predicted molar refractivity (Wildman–Crippen MR) is 106 cm³/mol. The Morgan fingerprint density at radius 3 is 2.54 bits per heavy atom. The number of pyridine rings is 1. The number of rotatable bonds is 5. The van der Waals surface area contributed by atoms with Crippen LogP contribution in [0.15, 0.2) is 53.8 Å². The van der Waals surface area contributed by atoms with Crippen molar-refractivity contribution < 1.29 is 13.2 Å². The summed E-state index contributed by atoms with van der Waals surface area (Å²) in [6.07, 6.45) is 4.93. The Kier molecular flexibility index (Phi) is 5.30. The van der Waals surface area contributed by atoms with Crippen molar-refractivity contribution in [2.75, 3.05) is 19.4 Å². The van der Waals surface area contributed by atoms with Crippen LogP contribution in [0, 0.1) is 13.8 Å². The molecular weight excluding hydrogens is 378 g/mol. The molecule has 0 aliphatic carbocycles. The monoisotopic (exact) mass is 399 g/mol. The highest BCUT2D eigenvalue weighted by atomic mass is 32.2. The van der Waals surface area contributed by atoms with Crippen molar-refractivity contribution in [2.45, 2.75) is 18.7 Å². The van der Waals surface area contributed by atoms with Crippen LogP contribution in [0.25, 0.3) is 5.82 Å². The first-order valence-electron chi connectivity index (χ1n) is 8.52. The predicted octanol–water partition coefficient (Wildman–Crippen LogP) is 2.39. The molecule has 3 rings (SSSR count). The molecule has 0 aliphatic heterocycles. The average molecular weight is 399 g/mol. The van der Waals surface area contributed by atoms with Gasteiger partial charge in [-0.25, -0.2) is 22.4 Å². The normalized spacial score (nSPS) is 11.6. The summed E-state index contributed by atoms with van der Waals surface area (Å²) >= 11 is 0. The first kappa shape index (κ1) is 19.7. The van der Waals surface area contributed by atoms with Crippen LogP contribution in [-0.4, -0.2) is 47.5 Å². The van der Waals surface area contributed by atoms with Crippen LogP contribution in [0.3, 0.4) is 0 Å². The molecule has 1 aromatic carbocycles. The number of hydrogen-bond donors (Lipinski definition) is 1. The SMILES string of the molecule is Cc1cc(C(=O)Nc2cccnc2-n2cccn2)cc(S(=O)(=O)N(C)C)c1C. The van der Waals surface area contributed by atoms with E-state index in [2.05, 4.69) is 15.4 Å². The van der Waals surface area contributed by atoms with Gasteiger partial charge >= 0.3 is 0 Å². The van der Waals surface area contributed by atoms with Gasteiger partial charge in [-0.05, 0) is 55.3 Å². The minimum absolute atomic E-state index is 0.112. The number of hydrogen-bond acceptors (Lipinski definition) is 5. The fourth-order valence-corrected chi connectivity index (χ4v) is 3.91. The van der Waals surface area contributed by atoms with Crippen molar-refractivity contribution in [3.63, 3.8) is 0 Å². The minimum Gasteiger partial charge on any atom is -0.319 e. The topological polar surface area (TPSA) is 97.2 Å². The zero-order valence-electron chi connectivity index (χ0n) is 16.0. The highest BCUT2D eigenvalue weighted by Gasteiger charge is 2.23. The van der Waals surface area contributed by atoms with Crippen molar-refractivity contribution in [1.29, 1.82) is 0 Å². The van der Waals surface area contributed by atoms with Crippen LogP contribution in [0.2, 0.25) is 0 Å². The molecule has 0 unspecified atom stereocenters. The van der Waals surface area contributed by atoms with Crippen LogP contribution in [0.4, 0.5) is 5.69 Å². The van der Waals surface area contributed by atoms with Crippen LogP contribution in [-0.2, 0) is 10.0 Å². The maximum atomic E-state index is 12.9. The van der Waals surface area contributed by atoms with Gasteiger partial charge in [0, 0.05) is 38.2 Å². The fraction of sp³-hybridized carbons (Fsp3) is 0.211. The van der Waals surface area contributed by atoms with Crippen molar-refractivity contribution in [3.05, 3.63) is 65.6 Å². The lowest BCUT2D eigenvalue weighted by atomic mass is 10.1. The number of anilines is 1. The number of carbonyl (C=O) groups excluding carboxylic acids is 1. The van der Waals surface area contributed by atoms with E-state index in [4.69, 9.17) is 0 Å². The van der Waals surface area contributed by atoms with E-state index in [9.17, 15) is 13.2 Å². The number of amides is 1. The van der Waals surface area contributed by atoms with E-state index < -0.39 is 15.9 Å². The first-order valence-corrected chi connectivity index (χ1v) is 9.96. The molecule has 146 valence electrons. The molecule has 8 nitrogen and oxygen atoms in total. The van der Waals surface area contributed by atoms with Gasteiger partial charge in [0.25, 0.3) is 5.91 Å². The molecule has 2 aromatic heterocycles. The molecule has 3 aromatic rings. The molecule has 0 fully saturated rings. The zero-order valence-corrected chi connectivity index (χ0v) is 16.9. The van der Waals surface area contributed by atoms with Crippen molar-refractivity contribution in [3.8, 4) is 5.82 Å². The number of aryl methyl sites for hydroxylation is 1. The summed E-state index contributed by atoms with van der Waals surface area (Å²) in [5.74, 6) is 0.0329. The second-order valence-electron chi connectivity index (χ2n) is 6.48. The Morgan fingerprint density at radius 2 is 1.89 bits per heavy atom. The maximum Gasteiger partial charge on any atom is 0.255 e. The third kappa shape index (κ3) is 3.67. The van der Waals surface area contributed by atoms with Crippen LogP contribution >= 0.6 is 0 Å². The van der Waals surface area contributed by atoms with Crippen molar-refractivity contribution >= 4 is 21.6 Å². The lowest BCUT2D eigenvalue weighted by Gasteiger charge is -2.17. The second-order valence-corrected chi connectivity index (χ2v) is 8.60. The minimum atomic E-state index is -3.68. The molecule has 9 heteroatoms. The molecular formula is C19H21N5O3S. The summed E-state index contributed by atoms with van der Waals surface area (Å²) in [6, 6.07) is 8.23. The van der Waals surface area contributed by atoms with E-state index in [0.29, 0.717) is 22.6 Å². The second kappa shape index (κ2) is 7.53. The van der Waals surface area contributed by atoms with E-state index in [1.165, 1.54) is 24.8 Å². The Morgan fingerprint density at radius 1 is 1.14 bits per heavy atom. The van der Waals surface area contributed by atoms with Gasteiger partial charge in [-0.15, -0.1) is 0 Å². The Balaban J connectivity index is 2.01. The van der Waals surface area contributed by atoms with E-state index >= 15 is 0 Å². The van der Waals surface area contributed by atoms with Crippen LogP contribution < -0.4 is 5.32 Å². The molecule has 28 heavy (non-hydrogen) atoms. The van der Waals surface area contributed by atoms with E-state index in [1.807, 2.05) is 0 Å². The van der Waals surface area contributed by atoms with E-state index in [-0.39, 0.29) is 10.5 Å². The molecule has 1 N–H and O–H groups in total. The molecule has 0 aliphatic rings. The summed E-state index contributed by atoms with van der Waals surface area (Å²) in [5.41, 5.74) is 2.04. The Hall–Kier alpha value is -3.04. The average Bonchev–Trinajstić information content (AvgIpc) is 3.18. The molecule has 2 heterocycles. The third-order valence-electron chi connectivity index (χ3n) is 4.40. The highest BCUT2D eigenvalue weighted by molar-refractivity contribution is 7.89. The summed E-state index contributed by atoms with van der Waals surface area (Å²) in [4.78, 5) is 17.2. The maximum absolute atomic E-state index is 12.9. The van der Waals surface area contributed by atoms with Crippen molar-refractivity contribution in [1.82, 2.24) is 19.1 Å². The summed E-state index contributed by atoms with van der Waals surface area (Å²) in [6.45, 7) is 3.50. The molecule has 0 saturated heterocycles. The van der Waals surface area contributed by atoms with Crippen LogP contribution in [0.5, 0.6) is 0 Å².